The zero-order chi connectivity index (χ0) is 19.2. The molecule has 7 nitrogen and oxygen atoms in total. The Morgan fingerprint density at radius 3 is 2.12 bits per heavy atom. The topological polar surface area (TPSA) is 70.2 Å². The first kappa shape index (κ1) is 20.7. The van der Waals surface area contributed by atoms with E-state index in [0.717, 1.165) is 32.7 Å². The van der Waals surface area contributed by atoms with Gasteiger partial charge in [-0.3, -0.25) is 4.79 Å². The minimum atomic E-state index is -3.48. The number of hydrogen-bond acceptors (Lipinski definition) is 5. The van der Waals surface area contributed by atoms with Crippen LogP contribution in [0.3, 0.4) is 0 Å². The van der Waals surface area contributed by atoms with E-state index in [1.54, 1.807) is 12.1 Å². The van der Waals surface area contributed by atoms with Gasteiger partial charge in [0.05, 0.1) is 4.90 Å². The smallest absolute Gasteiger partial charge is 0.260 e. The second-order valence-electron chi connectivity index (χ2n) is 6.16. The zero-order valence-electron chi connectivity index (χ0n) is 15.8. The quantitative estimate of drug-likeness (QED) is 0.676. The molecular weight excluding hydrogens is 354 g/mol. The van der Waals surface area contributed by atoms with Crippen molar-refractivity contribution in [3.05, 3.63) is 24.3 Å². The third kappa shape index (κ3) is 4.96. The van der Waals surface area contributed by atoms with Crippen LogP contribution in [-0.4, -0.2) is 80.9 Å². The van der Waals surface area contributed by atoms with Crippen LogP contribution in [0.15, 0.2) is 29.2 Å². The van der Waals surface area contributed by atoms with Gasteiger partial charge in [0.25, 0.3) is 5.91 Å². The molecule has 0 N–H and O–H groups in total. The van der Waals surface area contributed by atoms with Crippen molar-refractivity contribution in [3.8, 4) is 5.75 Å². The zero-order valence-corrected chi connectivity index (χ0v) is 16.7. The molecule has 1 amide bonds. The summed E-state index contributed by atoms with van der Waals surface area (Å²) in [6.45, 7) is 10.8. The lowest BCUT2D eigenvalue weighted by atomic mass is 10.3. The highest BCUT2D eigenvalue weighted by Crippen LogP contribution is 2.19. The maximum Gasteiger partial charge on any atom is 0.260 e. The maximum atomic E-state index is 12.5. The van der Waals surface area contributed by atoms with Gasteiger partial charge in [-0.1, -0.05) is 20.8 Å². The van der Waals surface area contributed by atoms with Crippen molar-refractivity contribution in [2.24, 2.45) is 0 Å². The predicted molar refractivity (Wildman–Crippen MR) is 101 cm³/mol. The summed E-state index contributed by atoms with van der Waals surface area (Å²) in [6.07, 6.45) is 0. The Kier molecular flexibility index (Phi) is 7.43. The molecule has 0 spiro atoms. The minimum Gasteiger partial charge on any atom is -0.484 e. The molecular formula is C18H29N3O4S. The van der Waals surface area contributed by atoms with Crippen LogP contribution in [0.2, 0.25) is 0 Å². The molecule has 0 saturated carbocycles. The van der Waals surface area contributed by atoms with E-state index < -0.39 is 10.0 Å². The van der Waals surface area contributed by atoms with Crippen LogP contribution in [0.4, 0.5) is 0 Å². The highest BCUT2D eigenvalue weighted by Gasteiger charge is 2.22. The van der Waals surface area contributed by atoms with Crippen LogP contribution >= 0.6 is 0 Å². The lowest BCUT2D eigenvalue weighted by Gasteiger charge is -2.33. The number of sulfonamides is 1. The minimum absolute atomic E-state index is 0.0335. The van der Waals surface area contributed by atoms with E-state index >= 15 is 0 Å². The molecule has 1 heterocycles. The highest BCUT2D eigenvalue weighted by atomic mass is 32.2. The number of ether oxygens (including phenoxy) is 1. The van der Waals surface area contributed by atoms with Gasteiger partial charge in [-0.15, -0.1) is 0 Å². The third-order valence-electron chi connectivity index (χ3n) is 4.70. The van der Waals surface area contributed by atoms with Gasteiger partial charge in [-0.25, -0.2) is 8.42 Å². The third-order valence-corrected chi connectivity index (χ3v) is 6.77. The number of rotatable bonds is 8. The number of carbonyl (C=O) groups excluding carboxylic acids is 1. The van der Waals surface area contributed by atoms with Crippen molar-refractivity contribution in [2.45, 2.75) is 25.7 Å². The fraction of sp³-hybridized carbons (Fsp3) is 0.611. The molecule has 8 heteroatoms. The number of piperazine rings is 1. The molecule has 1 aromatic rings. The summed E-state index contributed by atoms with van der Waals surface area (Å²) in [7, 11) is -3.48. The fourth-order valence-electron chi connectivity index (χ4n) is 2.97. The van der Waals surface area contributed by atoms with Crippen LogP contribution < -0.4 is 4.74 Å². The first-order chi connectivity index (χ1) is 12.4. The second kappa shape index (κ2) is 9.34. The summed E-state index contributed by atoms with van der Waals surface area (Å²) in [4.78, 5) is 16.6. The van der Waals surface area contributed by atoms with Gasteiger partial charge in [0, 0.05) is 39.3 Å². The first-order valence-corrected chi connectivity index (χ1v) is 10.6. The molecule has 0 aliphatic carbocycles. The number of benzene rings is 1. The molecule has 1 aliphatic rings. The monoisotopic (exact) mass is 383 g/mol. The molecule has 0 atom stereocenters. The van der Waals surface area contributed by atoms with E-state index in [2.05, 4.69) is 11.8 Å². The fourth-order valence-corrected chi connectivity index (χ4v) is 4.43. The van der Waals surface area contributed by atoms with Gasteiger partial charge in [-0.05, 0) is 30.8 Å². The summed E-state index contributed by atoms with van der Waals surface area (Å²) in [5.41, 5.74) is 0. The van der Waals surface area contributed by atoms with Crippen molar-refractivity contribution < 1.29 is 17.9 Å². The standard InChI is InChI=1S/C18H29N3O4S/c1-4-19-11-13-20(14-12-19)18(22)15-25-16-7-9-17(10-8-16)26(23,24)21(5-2)6-3/h7-10H,4-6,11-15H2,1-3H3. The molecule has 146 valence electrons. The highest BCUT2D eigenvalue weighted by molar-refractivity contribution is 7.89. The van der Waals surface area contributed by atoms with Crippen molar-refractivity contribution in [2.75, 3.05) is 52.4 Å². The van der Waals surface area contributed by atoms with Crippen LogP contribution in [0.25, 0.3) is 0 Å². The van der Waals surface area contributed by atoms with Crippen molar-refractivity contribution in [1.82, 2.24) is 14.1 Å². The average Bonchev–Trinajstić information content (AvgIpc) is 2.67. The van der Waals surface area contributed by atoms with E-state index in [1.165, 1.54) is 16.4 Å². The molecule has 0 radical (unpaired) electrons. The van der Waals surface area contributed by atoms with Crippen LogP contribution in [-0.2, 0) is 14.8 Å². The van der Waals surface area contributed by atoms with E-state index in [0.29, 0.717) is 18.8 Å². The summed E-state index contributed by atoms with van der Waals surface area (Å²) >= 11 is 0. The molecule has 0 unspecified atom stereocenters. The summed E-state index contributed by atoms with van der Waals surface area (Å²) in [5.74, 6) is 0.449. The SMILES string of the molecule is CCN1CCN(C(=O)COc2ccc(S(=O)(=O)N(CC)CC)cc2)CC1. The molecule has 26 heavy (non-hydrogen) atoms. The first-order valence-electron chi connectivity index (χ1n) is 9.15. The Labute approximate surface area is 156 Å². The molecule has 1 fully saturated rings. The Morgan fingerprint density at radius 1 is 1.04 bits per heavy atom. The van der Waals surface area contributed by atoms with Gasteiger partial charge in [-0.2, -0.15) is 4.31 Å². The van der Waals surface area contributed by atoms with Gasteiger partial charge >= 0.3 is 0 Å². The van der Waals surface area contributed by atoms with Crippen molar-refractivity contribution >= 4 is 15.9 Å². The predicted octanol–water partition coefficient (Wildman–Crippen LogP) is 1.26. The second-order valence-corrected chi connectivity index (χ2v) is 8.10. The van der Waals surface area contributed by atoms with Crippen molar-refractivity contribution in [1.29, 1.82) is 0 Å². The number of nitrogens with zero attached hydrogens (tertiary/aromatic N) is 3. The number of hydrogen-bond donors (Lipinski definition) is 0. The van der Waals surface area contributed by atoms with Gasteiger partial charge < -0.3 is 14.5 Å². The van der Waals surface area contributed by atoms with E-state index in [-0.39, 0.29) is 17.4 Å². The molecule has 1 aromatic carbocycles. The molecule has 0 bridgehead atoms. The summed E-state index contributed by atoms with van der Waals surface area (Å²) in [6, 6.07) is 6.23. The van der Waals surface area contributed by atoms with E-state index in [4.69, 9.17) is 4.74 Å². The molecule has 1 aliphatic heterocycles. The lowest BCUT2D eigenvalue weighted by molar-refractivity contribution is -0.135. The van der Waals surface area contributed by atoms with Gasteiger partial charge in [0.1, 0.15) is 5.75 Å². The van der Waals surface area contributed by atoms with Crippen LogP contribution in [0, 0.1) is 0 Å². The summed E-state index contributed by atoms with van der Waals surface area (Å²) < 4.78 is 31.8. The van der Waals surface area contributed by atoms with Gasteiger partial charge in [0.15, 0.2) is 6.61 Å². The summed E-state index contributed by atoms with van der Waals surface area (Å²) in [5, 5.41) is 0. The Morgan fingerprint density at radius 2 is 1.62 bits per heavy atom. The van der Waals surface area contributed by atoms with E-state index in [9.17, 15) is 13.2 Å². The number of carbonyl (C=O) groups is 1. The maximum absolute atomic E-state index is 12.5. The molecule has 2 rings (SSSR count). The van der Waals surface area contributed by atoms with E-state index in [1.807, 2.05) is 18.7 Å². The lowest BCUT2D eigenvalue weighted by Crippen LogP contribution is -2.49. The van der Waals surface area contributed by atoms with Gasteiger partial charge in [0.2, 0.25) is 10.0 Å². The Hall–Kier alpha value is -1.64. The number of likely N-dealkylation sites (N-methyl/N-ethyl adjacent to an activating group) is 1. The Balaban J connectivity index is 1.90. The molecule has 0 aromatic heterocycles. The largest absolute Gasteiger partial charge is 0.484 e. The molecule has 1 saturated heterocycles. The van der Waals surface area contributed by atoms with Crippen LogP contribution in [0.5, 0.6) is 5.75 Å². The van der Waals surface area contributed by atoms with Crippen LogP contribution in [0.1, 0.15) is 20.8 Å². The average molecular weight is 384 g/mol. The normalized spacial score (nSPS) is 16.1. The Bertz CT molecular complexity index is 679. The van der Waals surface area contributed by atoms with Crippen molar-refractivity contribution in [3.63, 3.8) is 0 Å². The number of amides is 1.